The van der Waals surface area contributed by atoms with Crippen LogP contribution in [0.4, 0.5) is 4.79 Å². The Bertz CT molecular complexity index is 453. The number of amides is 2. The number of hydrogen-bond donors (Lipinski definition) is 1. The second kappa shape index (κ2) is 5.51. The van der Waals surface area contributed by atoms with Gasteiger partial charge in [-0.3, -0.25) is 4.90 Å². The lowest BCUT2D eigenvalue weighted by Crippen LogP contribution is -2.63. The van der Waals surface area contributed by atoms with Crippen LogP contribution in [0.5, 0.6) is 0 Å². The first kappa shape index (κ1) is 12.9. The topological polar surface area (TPSA) is 35.6 Å². The van der Waals surface area contributed by atoms with Gasteiger partial charge < -0.3 is 10.2 Å². The molecule has 0 aromatic carbocycles. The minimum atomic E-state index is 0.103. The molecule has 0 aliphatic carbocycles. The SMILES string of the molecule is CCCNC(=O)N1CC(N2CCc3sccc3C2)C1. The van der Waals surface area contributed by atoms with Gasteiger partial charge in [-0.1, -0.05) is 6.92 Å². The van der Waals surface area contributed by atoms with Crippen molar-refractivity contribution in [3.63, 3.8) is 0 Å². The highest BCUT2D eigenvalue weighted by Gasteiger charge is 2.35. The normalized spacial score (nSPS) is 19.9. The van der Waals surface area contributed by atoms with E-state index in [2.05, 4.69) is 28.6 Å². The quantitative estimate of drug-likeness (QED) is 0.917. The van der Waals surface area contributed by atoms with Gasteiger partial charge in [0.05, 0.1) is 0 Å². The molecule has 19 heavy (non-hydrogen) atoms. The molecule has 0 atom stereocenters. The van der Waals surface area contributed by atoms with E-state index in [1.807, 2.05) is 16.2 Å². The minimum Gasteiger partial charge on any atom is -0.338 e. The average molecular weight is 279 g/mol. The molecule has 0 bridgehead atoms. The van der Waals surface area contributed by atoms with E-state index in [-0.39, 0.29) is 6.03 Å². The second-order valence-corrected chi connectivity index (χ2v) is 6.38. The highest BCUT2D eigenvalue weighted by Crippen LogP contribution is 2.27. The second-order valence-electron chi connectivity index (χ2n) is 5.38. The number of likely N-dealkylation sites (tertiary alicyclic amines) is 1. The molecule has 1 N–H and O–H groups in total. The van der Waals surface area contributed by atoms with E-state index in [1.165, 1.54) is 12.0 Å². The molecule has 0 spiro atoms. The third-order valence-corrected chi connectivity index (χ3v) is 5.05. The van der Waals surface area contributed by atoms with Gasteiger partial charge in [0.15, 0.2) is 0 Å². The first-order chi connectivity index (χ1) is 9.28. The first-order valence-electron chi connectivity index (χ1n) is 7.10. The van der Waals surface area contributed by atoms with Crippen LogP contribution in [0.3, 0.4) is 0 Å². The fourth-order valence-corrected chi connectivity index (χ4v) is 3.67. The number of rotatable bonds is 3. The zero-order chi connectivity index (χ0) is 13.2. The third kappa shape index (κ3) is 2.62. The molecule has 2 amide bonds. The van der Waals surface area contributed by atoms with Gasteiger partial charge in [-0.05, 0) is 29.9 Å². The van der Waals surface area contributed by atoms with Crippen LogP contribution in [-0.2, 0) is 13.0 Å². The number of hydrogen-bond acceptors (Lipinski definition) is 3. The van der Waals surface area contributed by atoms with Crippen molar-refractivity contribution >= 4 is 17.4 Å². The molecule has 2 aliphatic heterocycles. The van der Waals surface area contributed by atoms with Gasteiger partial charge in [0.1, 0.15) is 0 Å². The van der Waals surface area contributed by atoms with Gasteiger partial charge >= 0.3 is 6.03 Å². The molecule has 1 aromatic rings. The minimum absolute atomic E-state index is 0.103. The third-order valence-electron chi connectivity index (χ3n) is 4.03. The summed E-state index contributed by atoms with van der Waals surface area (Å²) in [6, 6.07) is 2.91. The fraction of sp³-hybridized carbons (Fsp3) is 0.643. The van der Waals surface area contributed by atoms with Gasteiger partial charge in [-0.2, -0.15) is 0 Å². The van der Waals surface area contributed by atoms with E-state index >= 15 is 0 Å². The Morgan fingerprint density at radius 1 is 1.53 bits per heavy atom. The summed E-state index contributed by atoms with van der Waals surface area (Å²) in [5, 5.41) is 5.13. The van der Waals surface area contributed by atoms with E-state index in [0.717, 1.165) is 39.1 Å². The maximum atomic E-state index is 11.8. The van der Waals surface area contributed by atoms with Crippen LogP contribution in [0.1, 0.15) is 23.8 Å². The molecule has 2 aliphatic rings. The lowest BCUT2D eigenvalue weighted by molar-refractivity contribution is 0.0488. The molecule has 3 rings (SSSR count). The molecular formula is C14H21N3OS. The Kier molecular flexibility index (Phi) is 3.75. The van der Waals surface area contributed by atoms with E-state index in [4.69, 9.17) is 0 Å². The van der Waals surface area contributed by atoms with Crippen molar-refractivity contribution in [1.82, 2.24) is 15.1 Å². The van der Waals surface area contributed by atoms with Crippen LogP contribution >= 0.6 is 11.3 Å². The predicted octanol–water partition coefficient (Wildman–Crippen LogP) is 1.91. The molecule has 0 unspecified atom stereocenters. The molecule has 1 fully saturated rings. The van der Waals surface area contributed by atoms with Crippen molar-refractivity contribution in [3.05, 3.63) is 21.9 Å². The Hall–Kier alpha value is -1.07. The van der Waals surface area contributed by atoms with Gasteiger partial charge in [0.25, 0.3) is 0 Å². The fourth-order valence-electron chi connectivity index (χ4n) is 2.78. The molecular weight excluding hydrogens is 258 g/mol. The Morgan fingerprint density at radius 3 is 3.16 bits per heavy atom. The Morgan fingerprint density at radius 2 is 2.37 bits per heavy atom. The molecule has 1 saturated heterocycles. The van der Waals surface area contributed by atoms with Crippen LogP contribution in [0, 0.1) is 0 Å². The van der Waals surface area contributed by atoms with Gasteiger partial charge in [-0.15, -0.1) is 11.3 Å². The Balaban J connectivity index is 1.48. The van der Waals surface area contributed by atoms with Crippen molar-refractivity contribution < 1.29 is 4.79 Å². The summed E-state index contributed by atoms with van der Waals surface area (Å²) in [5.74, 6) is 0. The molecule has 0 saturated carbocycles. The van der Waals surface area contributed by atoms with Gasteiger partial charge in [0.2, 0.25) is 0 Å². The summed E-state index contributed by atoms with van der Waals surface area (Å²) in [6.07, 6.45) is 2.17. The summed E-state index contributed by atoms with van der Waals surface area (Å²) < 4.78 is 0. The standard InChI is InChI=1S/C14H21N3OS/c1-2-5-15-14(18)17-9-12(10-17)16-6-3-13-11(8-16)4-7-19-13/h4,7,12H,2-3,5-6,8-10H2,1H3,(H,15,18). The van der Waals surface area contributed by atoms with Crippen molar-refractivity contribution in [2.45, 2.75) is 32.4 Å². The van der Waals surface area contributed by atoms with Crippen molar-refractivity contribution in [3.8, 4) is 0 Å². The summed E-state index contributed by atoms with van der Waals surface area (Å²) in [7, 11) is 0. The number of nitrogens with one attached hydrogen (secondary N) is 1. The number of thiophene rings is 1. The zero-order valence-corrected chi connectivity index (χ0v) is 12.2. The van der Waals surface area contributed by atoms with Crippen molar-refractivity contribution in [2.75, 3.05) is 26.2 Å². The molecule has 104 valence electrons. The summed E-state index contributed by atoms with van der Waals surface area (Å²) in [6.45, 7) is 6.83. The van der Waals surface area contributed by atoms with Gasteiger partial charge in [0, 0.05) is 43.6 Å². The molecule has 1 aromatic heterocycles. The highest BCUT2D eigenvalue weighted by atomic mass is 32.1. The number of carbonyl (C=O) groups is 1. The van der Waals surface area contributed by atoms with Crippen LogP contribution in [0.2, 0.25) is 0 Å². The van der Waals surface area contributed by atoms with Crippen LogP contribution in [0.25, 0.3) is 0 Å². The van der Waals surface area contributed by atoms with Crippen LogP contribution in [-0.4, -0.2) is 48.1 Å². The van der Waals surface area contributed by atoms with Crippen molar-refractivity contribution in [2.24, 2.45) is 0 Å². The monoisotopic (exact) mass is 279 g/mol. The zero-order valence-electron chi connectivity index (χ0n) is 11.4. The Labute approximate surface area is 118 Å². The number of carbonyl (C=O) groups excluding carboxylic acids is 1. The molecule has 5 heteroatoms. The molecule has 0 radical (unpaired) electrons. The van der Waals surface area contributed by atoms with Crippen molar-refractivity contribution in [1.29, 1.82) is 0 Å². The maximum absolute atomic E-state index is 11.8. The average Bonchev–Trinajstić information content (AvgIpc) is 2.82. The summed E-state index contributed by atoms with van der Waals surface area (Å²) >= 11 is 1.88. The number of nitrogens with zero attached hydrogens (tertiary/aromatic N) is 2. The first-order valence-corrected chi connectivity index (χ1v) is 7.98. The van der Waals surface area contributed by atoms with Crippen LogP contribution in [0.15, 0.2) is 11.4 Å². The van der Waals surface area contributed by atoms with E-state index in [0.29, 0.717) is 6.04 Å². The highest BCUT2D eigenvalue weighted by molar-refractivity contribution is 7.10. The lowest BCUT2D eigenvalue weighted by Gasteiger charge is -2.46. The number of urea groups is 1. The van der Waals surface area contributed by atoms with E-state index in [9.17, 15) is 4.79 Å². The smallest absolute Gasteiger partial charge is 0.317 e. The molecule has 4 nitrogen and oxygen atoms in total. The number of fused-ring (bicyclic) bond motifs is 1. The van der Waals surface area contributed by atoms with Crippen LogP contribution < -0.4 is 5.32 Å². The predicted molar refractivity (Wildman–Crippen MR) is 77.5 cm³/mol. The maximum Gasteiger partial charge on any atom is 0.317 e. The summed E-state index contributed by atoms with van der Waals surface area (Å²) in [4.78, 5) is 17.8. The summed E-state index contributed by atoms with van der Waals surface area (Å²) in [5.41, 5.74) is 1.49. The lowest BCUT2D eigenvalue weighted by atomic mass is 10.0. The van der Waals surface area contributed by atoms with E-state index in [1.54, 1.807) is 4.88 Å². The largest absolute Gasteiger partial charge is 0.338 e. The van der Waals surface area contributed by atoms with Gasteiger partial charge in [-0.25, -0.2) is 4.79 Å². The molecule has 3 heterocycles. The van der Waals surface area contributed by atoms with E-state index < -0.39 is 0 Å².